The SMILES string of the molecule is COc1ccc(Cl)cc1N/C=C(/C#N)C(=O)N(C(C)=O)c1ccc(N)cc1. The minimum Gasteiger partial charge on any atom is -0.495 e. The number of nitriles is 1. The molecule has 0 aliphatic carbocycles. The van der Waals surface area contributed by atoms with Crippen LogP contribution in [0.4, 0.5) is 17.1 Å². The van der Waals surface area contributed by atoms with E-state index in [2.05, 4.69) is 5.32 Å². The molecule has 0 aliphatic rings. The molecule has 0 fully saturated rings. The Morgan fingerprint density at radius 3 is 2.48 bits per heavy atom. The van der Waals surface area contributed by atoms with Crippen molar-refractivity contribution in [1.82, 2.24) is 0 Å². The number of hydrogen-bond donors (Lipinski definition) is 2. The van der Waals surface area contributed by atoms with Crippen LogP contribution in [0.15, 0.2) is 54.2 Å². The molecular weight excluding hydrogens is 368 g/mol. The first-order valence-corrected chi connectivity index (χ1v) is 8.16. The van der Waals surface area contributed by atoms with Crippen LogP contribution in [-0.2, 0) is 9.59 Å². The molecule has 2 aromatic carbocycles. The van der Waals surface area contributed by atoms with Gasteiger partial charge in [0.15, 0.2) is 0 Å². The molecule has 0 radical (unpaired) electrons. The number of nitrogens with one attached hydrogen (secondary N) is 1. The highest BCUT2D eigenvalue weighted by molar-refractivity contribution is 6.31. The number of anilines is 3. The lowest BCUT2D eigenvalue weighted by Crippen LogP contribution is -2.36. The van der Waals surface area contributed by atoms with Crippen molar-refractivity contribution in [2.24, 2.45) is 0 Å². The zero-order valence-electron chi connectivity index (χ0n) is 14.7. The molecule has 0 unspecified atom stereocenters. The Bertz CT molecular complexity index is 933. The maximum Gasteiger partial charge on any atom is 0.277 e. The molecule has 0 saturated carbocycles. The van der Waals surface area contributed by atoms with Gasteiger partial charge in [-0.1, -0.05) is 11.6 Å². The molecule has 27 heavy (non-hydrogen) atoms. The largest absolute Gasteiger partial charge is 0.495 e. The van der Waals surface area contributed by atoms with Gasteiger partial charge in [0.05, 0.1) is 18.5 Å². The van der Waals surface area contributed by atoms with Gasteiger partial charge in [0.25, 0.3) is 5.91 Å². The Labute approximate surface area is 161 Å². The number of ether oxygens (including phenoxy) is 1. The Balaban J connectivity index is 2.34. The smallest absolute Gasteiger partial charge is 0.277 e. The third-order valence-electron chi connectivity index (χ3n) is 3.55. The van der Waals surface area contributed by atoms with Gasteiger partial charge in [-0.15, -0.1) is 0 Å². The average molecular weight is 385 g/mol. The first kappa shape index (κ1) is 19.8. The fourth-order valence-electron chi connectivity index (χ4n) is 2.27. The fourth-order valence-corrected chi connectivity index (χ4v) is 2.44. The van der Waals surface area contributed by atoms with Gasteiger partial charge >= 0.3 is 0 Å². The number of nitrogens with zero attached hydrogens (tertiary/aromatic N) is 2. The highest BCUT2D eigenvalue weighted by atomic mass is 35.5. The quantitative estimate of drug-likeness (QED) is 0.465. The predicted molar refractivity (Wildman–Crippen MR) is 104 cm³/mol. The van der Waals surface area contributed by atoms with E-state index >= 15 is 0 Å². The van der Waals surface area contributed by atoms with Crippen molar-refractivity contribution in [2.75, 3.05) is 23.1 Å². The van der Waals surface area contributed by atoms with E-state index in [-0.39, 0.29) is 5.57 Å². The van der Waals surface area contributed by atoms with Crippen molar-refractivity contribution in [3.05, 3.63) is 59.3 Å². The molecule has 0 saturated heterocycles. The van der Waals surface area contributed by atoms with E-state index in [1.54, 1.807) is 36.4 Å². The zero-order valence-corrected chi connectivity index (χ0v) is 15.4. The number of hydrogen-bond acceptors (Lipinski definition) is 6. The van der Waals surface area contributed by atoms with Crippen molar-refractivity contribution in [1.29, 1.82) is 5.26 Å². The van der Waals surface area contributed by atoms with Gasteiger partial charge < -0.3 is 15.8 Å². The van der Waals surface area contributed by atoms with Crippen LogP contribution in [0.5, 0.6) is 5.75 Å². The summed E-state index contributed by atoms with van der Waals surface area (Å²) in [5.74, 6) is -0.836. The highest BCUT2D eigenvalue weighted by Gasteiger charge is 2.24. The van der Waals surface area contributed by atoms with Gasteiger partial charge in [-0.2, -0.15) is 5.26 Å². The molecule has 0 bridgehead atoms. The van der Waals surface area contributed by atoms with Gasteiger partial charge in [-0.05, 0) is 42.5 Å². The van der Waals surface area contributed by atoms with E-state index < -0.39 is 11.8 Å². The molecule has 0 aromatic heterocycles. The van der Waals surface area contributed by atoms with E-state index in [0.29, 0.717) is 27.8 Å². The second-order valence-corrected chi connectivity index (χ2v) is 5.85. The first-order valence-electron chi connectivity index (χ1n) is 7.78. The second kappa shape index (κ2) is 8.74. The number of nitrogens with two attached hydrogens (primary N) is 1. The number of imide groups is 1. The number of methoxy groups -OCH3 is 1. The van der Waals surface area contributed by atoms with Gasteiger partial charge in [-0.3, -0.25) is 9.59 Å². The summed E-state index contributed by atoms with van der Waals surface area (Å²) in [5.41, 5.74) is 6.62. The van der Waals surface area contributed by atoms with Crippen molar-refractivity contribution in [3.8, 4) is 11.8 Å². The van der Waals surface area contributed by atoms with E-state index in [4.69, 9.17) is 22.1 Å². The van der Waals surface area contributed by atoms with E-state index in [1.807, 2.05) is 0 Å². The number of amides is 2. The van der Waals surface area contributed by atoms with Gasteiger partial charge in [-0.25, -0.2) is 4.90 Å². The van der Waals surface area contributed by atoms with Gasteiger partial charge in [0.2, 0.25) is 5.91 Å². The highest BCUT2D eigenvalue weighted by Crippen LogP contribution is 2.28. The molecule has 0 aliphatic heterocycles. The summed E-state index contributed by atoms with van der Waals surface area (Å²) >= 11 is 5.96. The van der Waals surface area contributed by atoms with Crippen LogP contribution in [0, 0.1) is 11.3 Å². The fraction of sp³-hybridized carbons (Fsp3) is 0.105. The molecule has 2 aromatic rings. The number of benzene rings is 2. The number of rotatable bonds is 5. The summed E-state index contributed by atoms with van der Waals surface area (Å²) in [6, 6.07) is 12.8. The van der Waals surface area contributed by atoms with Crippen LogP contribution in [0.1, 0.15) is 6.92 Å². The molecule has 2 rings (SSSR count). The molecule has 8 heteroatoms. The standard InChI is InChI=1S/C19H17ClN4O3/c1-12(25)24(16-6-4-15(22)5-7-16)19(26)13(10-21)11-23-17-9-14(20)3-8-18(17)27-2/h3-9,11,23H,22H2,1-2H3/b13-11-. The summed E-state index contributed by atoms with van der Waals surface area (Å²) in [7, 11) is 1.48. The summed E-state index contributed by atoms with van der Waals surface area (Å²) in [6.45, 7) is 1.23. The molecule has 3 N–H and O–H groups in total. The number of carbonyl (C=O) groups excluding carboxylic acids is 2. The van der Waals surface area contributed by atoms with Crippen LogP contribution in [0.3, 0.4) is 0 Å². The van der Waals surface area contributed by atoms with Crippen LogP contribution >= 0.6 is 11.6 Å². The molecule has 138 valence electrons. The lowest BCUT2D eigenvalue weighted by atomic mass is 10.2. The topological polar surface area (TPSA) is 108 Å². The van der Waals surface area contributed by atoms with E-state index in [1.165, 1.54) is 32.4 Å². The minimum atomic E-state index is -0.775. The third-order valence-corrected chi connectivity index (χ3v) is 3.79. The first-order chi connectivity index (χ1) is 12.9. The van der Waals surface area contributed by atoms with E-state index in [9.17, 15) is 14.9 Å². The maximum absolute atomic E-state index is 12.7. The number of carbonyl (C=O) groups is 2. The molecular formula is C19H17ClN4O3. The van der Waals surface area contributed by atoms with Crippen molar-refractivity contribution >= 4 is 40.5 Å². The summed E-state index contributed by atoms with van der Waals surface area (Å²) in [6.07, 6.45) is 1.20. The maximum atomic E-state index is 12.7. The summed E-state index contributed by atoms with van der Waals surface area (Å²) < 4.78 is 5.20. The number of nitrogen functional groups attached to an aromatic ring is 1. The Hall–Kier alpha value is -3.50. The van der Waals surface area contributed by atoms with Crippen molar-refractivity contribution in [3.63, 3.8) is 0 Å². The molecule has 0 heterocycles. The zero-order chi connectivity index (χ0) is 20.0. The lowest BCUT2D eigenvalue weighted by molar-refractivity contribution is -0.123. The molecule has 2 amide bonds. The van der Waals surface area contributed by atoms with Crippen LogP contribution in [0.2, 0.25) is 5.02 Å². The Morgan fingerprint density at radius 2 is 1.93 bits per heavy atom. The Morgan fingerprint density at radius 1 is 1.26 bits per heavy atom. The summed E-state index contributed by atoms with van der Waals surface area (Å²) in [5, 5.41) is 12.6. The van der Waals surface area contributed by atoms with Crippen molar-refractivity contribution < 1.29 is 14.3 Å². The summed E-state index contributed by atoms with van der Waals surface area (Å²) in [4.78, 5) is 25.6. The molecule has 0 atom stereocenters. The molecule has 0 spiro atoms. The van der Waals surface area contributed by atoms with Crippen LogP contribution in [0.25, 0.3) is 0 Å². The third kappa shape index (κ3) is 4.77. The van der Waals surface area contributed by atoms with Crippen molar-refractivity contribution in [2.45, 2.75) is 6.92 Å². The Kier molecular flexibility index (Phi) is 6.41. The second-order valence-electron chi connectivity index (χ2n) is 5.41. The van der Waals surface area contributed by atoms with Gasteiger partial charge in [0.1, 0.15) is 17.4 Å². The predicted octanol–water partition coefficient (Wildman–Crippen LogP) is 3.33. The van der Waals surface area contributed by atoms with Gasteiger partial charge in [0, 0.05) is 23.8 Å². The normalized spacial score (nSPS) is 10.7. The minimum absolute atomic E-state index is 0.274. The average Bonchev–Trinajstić information content (AvgIpc) is 2.64. The lowest BCUT2D eigenvalue weighted by Gasteiger charge is -2.19. The monoisotopic (exact) mass is 384 g/mol. The van der Waals surface area contributed by atoms with Crippen LogP contribution in [-0.4, -0.2) is 18.9 Å². The van der Waals surface area contributed by atoms with Crippen LogP contribution < -0.4 is 20.7 Å². The van der Waals surface area contributed by atoms with E-state index in [0.717, 1.165) is 4.90 Å². The number of halogens is 1. The molecule has 7 nitrogen and oxygen atoms in total.